The summed E-state index contributed by atoms with van der Waals surface area (Å²) in [6.07, 6.45) is 4.89. The van der Waals surface area contributed by atoms with Crippen LogP contribution >= 0.6 is 0 Å². The smallest absolute Gasteiger partial charge is 0.219 e. The number of carbonyl (C=O) groups excluding carboxylic acids is 1. The number of piperidine rings is 1. The first-order valence-electron chi connectivity index (χ1n) is 5.16. The summed E-state index contributed by atoms with van der Waals surface area (Å²) in [6, 6.07) is 1.83. The molecule has 3 atom stereocenters. The molecule has 0 unspecified atom stereocenters. The van der Waals surface area contributed by atoms with Crippen molar-refractivity contribution in [2.75, 3.05) is 7.05 Å². The second-order valence-electron chi connectivity index (χ2n) is 4.39. The molecule has 3 nitrogen and oxygen atoms in total. The molecule has 1 N–H and O–H groups in total. The lowest BCUT2D eigenvalue weighted by atomic mass is 9.98. The van der Waals surface area contributed by atoms with Crippen molar-refractivity contribution in [1.82, 2.24) is 10.2 Å². The molecule has 0 radical (unpaired) electrons. The number of nitrogens with zero attached hydrogens (tertiary/aromatic N) is 1. The van der Waals surface area contributed by atoms with Crippen molar-refractivity contribution in [3.05, 3.63) is 0 Å². The van der Waals surface area contributed by atoms with Gasteiger partial charge in [0.25, 0.3) is 0 Å². The van der Waals surface area contributed by atoms with Crippen molar-refractivity contribution in [2.45, 2.75) is 50.7 Å². The lowest BCUT2D eigenvalue weighted by molar-refractivity contribution is -0.130. The Labute approximate surface area is 79.5 Å². The predicted octanol–water partition coefficient (Wildman–Crippen LogP) is 0.748. The van der Waals surface area contributed by atoms with Crippen LogP contribution in [-0.2, 0) is 4.79 Å². The van der Waals surface area contributed by atoms with E-state index in [1.165, 1.54) is 12.8 Å². The van der Waals surface area contributed by atoms with Gasteiger partial charge in [-0.1, -0.05) is 0 Å². The molecule has 1 amide bonds. The molecule has 0 saturated carbocycles. The van der Waals surface area contributed by atoms with E-state index < -0.39 is 0 Å². The van der Waals surface area contributed by atoms with Crippen LogP contribution in [0.25, 0.3) is 0 Å². The minimum Gasteiger partial charge on any atom is -0.343 e. The van der Waals surface area contributed by atoms with Gasteiger partial charge < -0.3 is 10.2 Å². The zero-order chi connectivity index (χ0) is 9.42. The van der Waals surface area contributed by atoms with E-state index in [1.54, 1.807) is 6.92 Å². The van der Waals surface area contributed by atoms with Crippen LogP contribution < -0.4 is 5.32 Å². The van der Waals surface area contributed by atoms with Crippen molar-refractivity contribution in [3.63, 3.8) is 0 Å². The van der Waals surface area contributed by atoms with Crippen LogP contribution in [0, 0.1) is 0 Å². The summed E-state index contributed by atoms with van der Waals surface area (Å²) < 4.78 is 0. The van der Waals surface area contributed by atoms with E-state index in [-0.39, 0.29) is 5.91 Å². The standard InChI is InChI=1S/C10H18N2O/c1-7(13)12(2)10-5-8-3-4-9(6-10)11-8/h8-11H,3-6H2,1-2H3/t8-,9+,10+. The average molecular weight is 182 g/mol. The Morgan fingerprint density at radius 1 is 1.31 bits per heavy atom. The lowest BCUT2D eigenvalue weighted by Gasteiger charge is -2.35. The molecular formula is C10H18N2O. The normalized spacial score (nSPS) is 37.5. The Balaban J connectivity index is 1.98. The maximum absolute atomic E-state index is 11.2. The highest BCUT2D eigenvalue weighted by molar-refractivity contribution is 5.73. The molecule has 0 aromatic heterocycles. The van der Waals surface area contributed by atoms with E-state index >= 15 is 0 Å². The van der Waals surface area contributed by atoms with Gasteiger partial charge in [0.05, 0.1) is 0 Å². The third kappa shape index (κ3) is 1.70. The number of carbonyl (C=O) groups is 1. The quantitative estimate of drug-likeness (QED) is 0.649. The highest BCUT2D eigenvalue weighted by Crippen LogP contribution is 2.29. The molecule has 74 valence electrons. The highest BCUT2D eigenvalue weighted by atomic mass is 16.2. The lowest BCUT2D eigenvalue weighted by Crippen LogP contribution is -2.48. The Morgan fingerprint density at radius 3 is 2.31 bits per heavy atom. The molecule has 2 aliphatic rings. The van der Waals surface area contributed by atoms with Gasteiger partial charge in [0.15, 0.2) is 0 Å². The Bertz CT molecular complexity index is 205. The van der Waals surface area contributed by atoms with Gasteiger partial charge in [-0.2, -0.15) is 0 Å². The maximum atomic E-state index is 11.2. The van der Waals surface area contributed by atoms with Gasteiger partial charge in [0.1, 0.15) is 0 Å². The minimum atomic E-state index is 0.200. The molecule has 2 bridgehead atoms. The van der Waals surface area contributed by atoms with Crippen LogP contribution in [0.3, 0.4) is 0 Å². The third-order valence-electron chi connectivity index (χ3n) is 3.49. The fourth-order valence-corrected chi connectivity index (χ4v) is 2.60. The number of hydrogen-bond acceptors (Lipinski definition) is 2. The fourth-order valence-electron chi connectivity index (χ4n) is 2.60. The molecular weight excluding hydrogens is 164 g/mol. The number of fused-ring (bicyclic) bond motifs is 2. The van der Waals surface area contributed by atoms with E-state index in [0.717, 1.165) is 12.8 Å². The first kappa shape index (κ1) is 9.00. The second kappa shape index (κ2) is 3.29. The van der Waals surface area contributed by atoms with Crippen LogP contribution in [0.2, 0.25) is 0 Å². The largest absolute Gasteiger partial charge is 0.343 e. The van der Waals surface area contributed by atoms with Crippen LogP contribution in [0.5, 0.6) is 0 Å². The Morgan fingerprint density at radius 2 is 1.85 bits per heavy atom. The van der Waals surface area contributed by atoms with E-state index in [4.69, 9.17) is 0 Å². The molecule has 0 aromatic rings. The topological polar surface area (TPSA) is 32.3 Å². The number of nitrogens with one attached hydrogen (secondary N) is 1. The molecule has 2 heterocycles. The van der Waals surface area contributed by atoms with Gasteiger partial charge in [-0.25, -0.2) is 0 Å². The van der Waals surface area contributed by atoms with E-state index in [2.05, 4.69) is 5.32 Å². The van der Waals surface area contributed by atoms with Gasteiger partial charge >= 0.3 is 0 Å². The maximum Gasteiger partial charge on any atom is 0.219 e. The number of hydrogen-bond donors (Lipinski definition) is 1. The van der Waals surface area contributed by atoms with Crippen molar-refractivity contribution >= 4 is 5.91 Å². The first-order chi connectivity index (χ1) is 6.16. The third-order valence-corrected chi connectivity index (χ3v) is 3.49. The number of amides is 1. The van der Waals surface area contributed by atoms with Gasteiger partial charge in [0.2, 0.25) is 5.91 Å². The number of rotatable bonds is 1. The summed E-state index contributed by atoms with van der Waals surface area (Å²) in [6.45, 7) is 1.66. The van der Waals surface area contributed by atoms with E-state index in [0.29, 0.717) is 18.1 Å². The van der Waals surface area contributed by atoms with Crippen molar-refractivity contribution < 1.29 is 4.79 Å². The Kier molecular flexibility index (Phi) is 2.28. The van der Waals surface area contributed by atoms with E-state index in [1.807, 2.05) is 11.9 Å². The summed E-state index contributed by atoms with van der Waals surface area (Å²) in [5.74, 6) is 0.200. The molecule has 0 aliphatic carbocycles. The van der Waals surface area contributed by atoms with Gasteiger partial charge in [-0.05, 0) is 25.7 Å². The summed E-state index contributed by atoms with van der Waals surface area (Å²) in [5, 5.41) is 3.58. The van der Waals surface area contributed by atoms with Gasteiger partial charge in [0, 0.05) is 32.1 Å². The van der Waals surface area contributed by atoms with E-state index in [9.17, 15) is 4.79 Å². The molecule has 2 aliphatic heterocycles. The van der Waals surface area contributed by atoms with Crippen LogP contribution in [0.4, 0.5) is 0 Å². The summed E-state index contributed by atoms with van der Waals surface area (Å²) in [5.41, 5.74) is 0. The molecule has 0 spiro atoms. The van der Waals surface area contributed by atoms with Gasteiger partial charge in [-0.15, -0.1) is 0 Å². The van der Waals surface area contributed by atoms with Gasteiger partial charge in [-0.3, -0.25) is 4.79 Å². The zero-order valence-corrected chi connectivity index (χ0v) is 8.42. The molecule has 2 saturated heterocycles. The first-order valence-corrected chi connectivity index (χ1v) is 5.16. The van der Waals surface area contributed by atoms with Crippen LogP contribution in [0.15, 0.2) is 0 Å². The SMILES string of the molecule is CC(=O)N(C)[C@H]1C[C@H]2CC[C@@H](C1)N2. The minimum absolute atomic E-state index is 0.200. The predicted molar refractivity (Wildman–Crippen MR) is 51.4 cm³/mol. The summed E-state index contributed by atoms with van der Waals surface area (Å²) in [4.78, 5) is 13.1. The second-order valence-corrected chi connectivity index (χ2v) is 4.39. The summed E-state index contributed by atoms with van der Waals surface area (Å²) in [7, 11) is 1.93. The average Bonchev–Trinajstić information content (AvgIpc) is 2.44. The van der Waals surface area contributed by atoms with Crippen LogP contribution in [0.1, 0.15) is 32.6 Å². The molecule has 0 aromatic carbocycles. The Hall–Kier alpha value is -0.570. The van der Waals surface area contributed by atoms with Crippen molar-refractivity contribution in [3.8, 4) is 0 Å². The molecule has 2 rings (SSSR count). The highest BCUT2D eigenvalue weighted by Gasteiger charge is 2.35. The summed E-state index contributed by atoms with van der Waals surface area (Å²) >= 11 is 0. The zero-order valence-electron chi connectivity index (χ0n) is 8.42. The monoisotopic (exact) mass is 182 g/mol. The van der Waals surface area contributed by atoms with Crippen molar-refractivity contribution in [1.29, 1.82) is 0 Å². The molecule has 13 heavy (non-hydrogen) atoms. The van der Waals surface area contributed by atoms with Crippen LogP contribution in [-0.4, -0.2) is 36.0 Å². The molecule has 3 heteroatoms. The van der Waals surface area contributed by atoms with Crippen molar-refractivity contribution in [2.24, 2.45) is 0 Å². The fraction of sp³-hybridized carbons (Fsp3) is 0.900. The molecule has 2 fully saturated rings.